The van der Waals surface area contributed by atoms with Crippen LogP contribution >= 0.6 is 11.6 Å². The molecule has 0 amide bonds. The second-order valence-corrected chi connectivity index (χ2v) is 3.94. The van der Waals surface area contributed by atoms with Crippen molar-refractivity contribution in [3.8, 4) is 0 Å². The number of alkyl halides is 2. The SMILES string of the molecule is C=CCOC(O)[C@@H](O)[C@@](O)(OCC=C)C(F)(F)C(=O)Cl. The molecular weight excluding hydrogens is 302 g/mol. The van der Waals surface area contributed by atoms with E-state index in [1.54, 1.807) is 0 Å². The van der Waals surface area contributed by atoms with E-state index in [9.17, 15) is 28.9 Å². The molecule has 1 unspecified atom stereocenters. The Kier molecular flexibility index (Phi) is 7.42. The Hall–Kier alpha value is -0.900. The number of halogens is 3. The van der Waals surface area contributed by atoms with Gasteiger partial charge in [0.2, 0.25) is 0 Å². The predicted molar refractivity (Wildman–Crippen MR) is 65.1 cm³/mol. The molecule has 0 saturated carbocycles. The van der Waals surface area contributed by atoms with Gasteiger partial charge in [-0.25, -0.2) is 0 Å². The molecule has 0 aromatic rings. The van der Waals surface area contributed by atoms with E-state index in [-0.39, 0.29) is 6.61 Å². The number of ether oxygens (including phenoxy) is 2. The van der Waals surface area contributed by atoms with Crippen LogP contribution in [0.2, 0.25) is 0 Å². The van der Waals surface area contributed by atoms with Crippen molar-refractivity contribution >= 4 is 16.8 Å². The molecule has 0 heterocycles. The summed E-state index contributed by atoms with van der Waals surface area (Å²) in [6, 6.07) is 0. The monoisotopic (exact) mass is 316 g/mol. The zero-order valence-corrected chi connectivity index (χ0v) is 11.1. The van der Waals surface area contributed by atoms with E-state index in [0.717, 1.165) is 12.2 Å². The summed E-state index contributed by atoms with van der Waals surface area (Å²) in [5.74, 6) is -8.49. The van der Waals surface area contributed by atoms with Crippen molar-refractivity contribution in [2.45, 2.75) is 24.1 Å². The fourth-order valence-corrected chi connectivity index (χ4v) is 1.27. The van der Waals surface area contributed by atoms with Gasteiger partial charge in [0.15, 0.2) is 12.4 Å². The van der Waals surface area contributed by atoms with Gasteiger partial charge in [-0.2, -0.15) is 8.78 Å². The molecule has 0 aliphatic carbocycles. The summed E-state index contributed by atoms with van der Waals surface area (Å²) in [7, 11) is 0. The quantitative estimate of drug-likeness (QED) is 0.302. The number of aliphatic hydroxyl groups is 3. The normalized spacial score (nSPS) is 17.9. The molecule has 3 N–H and O–H groups in total. The van der Waals surface area contributed by atoms with E-state index in [4.69, 9.17) is 0 Å². The Morgan fingerprint density at radius 2 is 1.80 bits per heavy atom. The Morgan fingerprint density at radius 1 is 1.30 bits per heavy atom. The fourth-order valence-electron chi connectivity index (χ4n) is 1.14. The first-order valence-corrected chi connectivity index (χ1v) is 5.66. The highest BCUT2D eigenvalue weighted by Gasteiger charge is 2.65. The van der Waals surface area contributed by atoms with Crippen LogP contribution < -0.4 is 0 Å². The minimum Gasteiger partial charge on any atom is -0.382 e. The smallest absolute Gasteiger partial charge is 0.375 e. The number of hydrogen-bond donors (Lipinski definition) is 3. The maximum Gasteiger partial charge on any atom is 0.375 e. The molecule has 20 heavy (non-hydrogen) atoms. The van der Waals surface area contributed by atoms with Gasteiger partial charge in [0, 0.05) is 0 Å². The third kappa shape index (κ3) is 4.05. The van der Waals surface area contributed by atoms with Crippen molar-refractivity contribution in [2.24, 2.45) is 0 Å². The van der Waals surface area contributed by atoms with Crippen molar-refractivity contribution in [3.63, 3.8) is 0 Å². The number of hydrogen-bond acceptors (Lipinski definition) is 6. The molecule has 0 spiro atoms. The molecule has 9 heteroatoms. The van der Waals surface area contributed by atoms with Crippen molar-refractivity contribution < 1.29 is 38.4 Å². The van der Waals surface area contributed by atoms with Crippen LogP contribution in [0.15, 0.2) is 25.3 Å². The molecule has 0 aromatic carbocycles. The van der Waals surface area contributed by atoms with E-state index in [1.807, 2.05) is 0 Å². The van der Waals surface area contributed by atoms with Gasteiger partial charge in [0.05, 0.1) is 13.2 Å². The summed E-state index contributed by atoms with van der Waals surface area (Å²) >= 11 is 4.68. The summed E-state index contributed by atoms with van der Waals surface area (Å²) in [6.07, 6.45) is -2.82. The zero-order chi connectivity index (χ0) is 16.0. The zero-order valence-electron chi connectivity index (χ0n) is 10.3. The van der Waals surface area contributed by atoms with Crippen molar-refractivity contribution in [3.05, 3.63) is 25.3 Å². The third-order valence-corrected chi connectivity index (χ3v) is 2.41. The molecule has 0 saturated heterocycles. The summed E-state index contributed by atoms with van der Waals surface area (Å²) in [5.41, 5.74) is 0. The van der Waals surface area contributed by atoms with Gasteiger partial charge in [0.1, 0.15) is 0 Å². The minimum absolute atomic E-state index is 0.309. The lowest BCUT2D eigenvalue weighted by Gasteiger charge is -2.37. The third-order valence-electron chi connectivity index (χ3n) is 2.17. The van der Waals surface area contributed by atoms with Crippen LogP contribution in [0.5, 0.6) is 0 Å². The number of carbonyl (C=O) groups excluding carboxylic acids is 1. The predicted octanol–water partition coefficient (Wildman–Crippen LogP) is 0.160. The van der Waals surface area contributed by atoms with Crippen molar-refractivity contribution in [1.82, 2.24) is 0 Å². The number of rotatable bonds is 10. The van der Waals surface area contributed by atoms with E-state index in [2.05, 4.69) is 34.2 Å². The maximum absolute atomic E-state index is 13.6. The molecule has 0 bridgehead atoms. The molecule has 6 nitrogen and oxygen atoms in total. The molecular formula is C11H15ClF2O6. The number of carbonyl (C=O) groups is 1. The van der Waals surface area contributed by atoms with Crippen LogP contribution in [0, 0.1) is 0 Å². The molecule has 0 aliphatic rings. The fraction of sp³-hybridized carbons (Fsp3) is 0.545. The molecule has 3 atom stereocenters. The van der Waals surface area contributed by atoms with E-state index in [1.165, 1.54) is 0 Å². The van der Waals surface area contributed by atoms with Crippen LogP contribution in [0.25, 0.3) is 0 Å². The van der Waals surface area contributed by atoms with Crippen LogP contribution in [-0.4, -0.2) is 57.9 Å². The van der Waals surface area contributed by atoms with E-state index >= 15 is 0 Å². The largest absolute Gasteiger partial charge is 0.382 e. The maximum atomic E-state index is 13.6. The first-order chi connectivity index (χ1) is 9.15. The van der Waals surface area contributed by atoms with Gasteiger partial charge < -0.3 is 24.8 Å². The second kappa shape index (κ2) is 7.77. The lowest BCUT2D eigenvalue weighted by molar-refractivity contribution is -0.362. The highest BCUT2D eigenvalue weighted by atomic mass is 35.5. The van der Waals surface area contributed by atoms with Crippen molar-refractivity contribution in [2.75, 3.05) is 13.2 Å². The summed E-state index contributed by atoms with van der Waals surface area (Å²) in [6.45, 7) is 5.43. The van der Waals surface area contributed by atoms with Gasteiger partial charge in [-0.05, 0) is 11.6 Å². The van der Waals surface area contributed by atoms with Gasteiger partial charge in [0.25, 0.3) is 11.0 Å². The Morgan fingerprint density at radius 3 is 2.20 bits per heavy atom. The molecule has 116 valence electrons. The van der Waals surface area contributed by atoms with Crippen LogP contribution in [0.4, 0.5) is 8.78 Å². The molecule has 0 aromatic heterocycles. The average Bonchev–Trinajstić information content (AvgIpc) is 2.40. The molecule has 0 aliphatic heterocycles. The van der Waals surface area contributed by atoms with Crippen LogP contribution in [-0.2, 0) is 14.3 Å². The molecule has 0 fully saturated rings. The van der Waals surface area contributed by atoms with Gasteiger partial charge >= 0.3 is 5.92 Å². The summed E-state index contributed by atoms with van der Waals surface area (Å²) in [5, 5.41) is 26.4. The average molecular weight is 317 g/mol. The van der Waals surface area contributed by atoms with Gasteiger partial charge in [-0.15, -0.1) is 13.2 Å². The Labute approximate surface area is 118 Å². The first kappa shape index (κ1) is 19.1. The van der Waals surface area contributed by atoms with E-state index in [0.29, 0.717) is 0 Å². The van der Waals surface area contributed by atoms with Crippen LogP contribution in [0.3, 0.4) is 0 Å². The highest BCUT2D eigenvalue weighted by Crippen LogP contribution is 2.36. The Balaban J connectivity index is 5.35. The summed E-state index contributed by atoms with van der Waals surface area (Å²) < 4.78 is 36.0. The van der Waals surface area contributed by atoms with E-state index < -0.39 is 36.0 Å². The molecule has 0 rings (SSSR count). The Bertz CT molecular complexity index is 365. The molecule has 0 radical (unpaired) electrons. The number of aliphatic hydroxyl groups excluding tert-OH is 2. The van der Waals surface area contributed by atoms with Crippen molar-refractivity contribution in [1.29, 1.82) is 0 Å². The highest BCUT2D eigenvalue weighted by molar-refractivity contribution is 6.65. The first-order valence-electron chi connectivity index (χ1n) is 5.28. The lowest BCUT2D eigenvalue weighted by atomic mass is 10.0. The second-order valence-electron chi connectivity index (χ2n) is 3.60. The van der Waals surface area contributed by atoms with Gasteiger partial charge in [-0.3, -0.25) is 4.79 Å². The summed E-state index contributed by atoms with van der Waals surface area (Å²) in [4.78, 5) is 10.7. The minimum atomic E-state index is -4.70. The lowest BCUT2D eigenvalue weighted by Crippen LogP contribution is -2.64. The standard InChI is InChI=1S/C11H15ClF2O6/c1-3-5-19-8(16)7(15)11(18,20-6-4-2)10(13,14)9(12)17/h3-4,7-8,15-16,18H,1-2,5-6H2/t7-,8?,11-/m1/s1. The van der Waals surface area contributed by atoms with Crippen LogP contribution in [0.1, 0.15) is 0 Å². The topological polar surface area (TPSA) is 96.2 Å². The van der Waals surface area contributed by atoms with Gasteiger partial charge in [-0.1, -0.05) is 12.2 Å².